The fourth-order valence-electron chi connectivity index (χ4n) is 1.14. The molecule has 16 heavy (non-hydrogen) atoms. The van der Waals surface area contributed by atoms with Crippen molar-refractivity contribution in [3.8, 4) is 5.88 Å². The van der Waals surface area contributed by atoms with Gasteiger partial charge in [-0.2, -0.15) is 0 Å². The molecule has 1 aliphatic carbocycles. The lowest BCUT2D eigenvalue weighted by molar-refractivity contribution is -0.128. The van der Waals surface area contributed by atoms with E-state index in [0.29, 0.717) is 30.7 Å². The Balaban J connectivity index is 0.000000221. The Hall–Kier alpha value is -1.72. The van der Waals surface area contributed by atoms with Gasteiger partial charge in [0, 0.05) is 0 Å². The van der Waals surface area contributed by atoms with E-state index < -0.39 is 0 Å². The zero-order valence-electron chi connectivity index (χ0n) is 9.55. The van der Waals surface area contributed by atoms with E-state index >= 15 is 0 Å². The van der Waals surface area contributed by atoms with Crippen LogP contribution >= 0.6 is 0 Å². The highest BCUT2D eigenvalue weighted by atomic mass is 16.5. The first-order valence-electron chi connectivity index (χ1n) is 5.16. The molecule has 2 N–H and O–H groups in total. The Bertz CT molecular complexity index is 334. The molecule has 1 aromatic heterocycles. The molecule has 1 aliphatic rings. The molecule has 1 fully saturated rings. The Morgan fingerprint density at radius 1 is 1.69 bits per heavy atom. The summed E-state index contributed by atoms with van der Waals surface area (Å²) in [5.41, 5.74) is 6.23. The molecule has 0 unspecified atom stereocenters. The summed E-state index contributed by atoms with van der Waals surface area (Å²) in [4.78, 5) is 9.18. The number of ether oxygens (including phenoxy) is 2. The molecule has 0 bridgehead atoms. The van der Waals surface area contributed by atoms with Gasteiger partial charge in [0.1, 0.15) is 5.69 Å². The highest BCUT2D eigenvalue weighted by molar-refractivity contribution is 5.46. The molecule has 1 saturated carbocycles. The number of nitrogens with two attached hydrogens (primary N) is 1. The van der Waals surface area contributed by atoms with Crippen LogP contribution in [0.3, 0.4) is 0 Å². The molecule has 1 aromatic rings. The Morgan fingerprint density at radius 2 is 2.38 bits per heavy atom. The fourth-order valence-corrected chi connectivity index (χ4v) is 1.14. The van der Waals surface area contributed by atoms with Gasteiger partial charge >= 0.3 is 0 Å². The van der Waals surface area contributed by atoms with Crippen molar-refractivity contribution < 1.29 is 14.3 Å². The lowest BCUT2D eigenvalue weighted by atomic mass is 10.6. The molecule has 1 heterocycles. The van der Waals surface area contributed by atoms with Crippen LogP contribution in [-0.4, -0.2) is 30.0 Å². The van der Waals surface area contributed by atoms with Crippen LogP contribution in [0.1, 0.15) is 25.8 Å². The van der Waals surface area contributed by atoms with Crippen molar-refractivity contribution in [2.24, 2.45) is 0 Å². The predicted molar refractivity (Wildman–Crippen MR) is 59.2 cm³/mol. The SMILES string of the molecule is CCOC=O.COc1nn(C2CC2)cc1N. The summed E-state index contributed by atoms with van der Waals surface area (Å²) in [6, 6.07) is 0.571. The van der Waals surface area contributed by atoms with E-state index in [1.54, 1.807) is 14.0 Å². The number of aromatic nitrogens is 2. The third-order valence-electron chi connectivity index (χ3n) is 2.07. The van der Waals surface area contributed by atoms with Crippen molar-refractivity contribution in [3.63, 3.8) is 0 Å². The first-order valence-corrected chi connectivity index (χ1v) is 5.16. The molecule has 0 aromatic carbocycles. The minimum Gasteiger partial charge on any atom is -0.478 e. The Morgan fingerprint density at radius 3 is 2.69 bits per heavy atom. The fraction of sp³-hybridized carbons (Fsp3) is 0.600. The van der Waals surface area contributed by atoms with Gasteiger partial charge in [0.15, 0.2) is 0 Å². The molecule has 0 atom stereocenters. The molecule has 0 aliphatic heterocycles. The number of carbonyl (C=O) groups excluding carboxylic acids is 1. The van der Waals surface area contributed by atoms with E-state index in [4.69, 9.17) is 10.5 Å². The normalized spacial score (nSPS) is 13.6. The highest BCUT2D eigenvalue weighted by Crippen LogP contribution is 2.36. The number of nitrogen functional groups attached to an aromatic ring is 1. The van der Waals surface area contributed by atoms with Crippen LogP contribution in [0.4, 0.5) is 5.69 Å². The van der Waals surface area contributed by atoms with Crippen molar-refractivity contribution in [3.05, 3.63) is 6.20 Å². The third kappa shape index (κ3) is 3.45. The van der Waals surface area contributed by atoms with Gasteiger partial charge in [-0.25, -0.2) is 0 Å². The Kier molecular flexibility index (Phi) is 4.63. The van der Waals surface area contributed by atoms with E-state index in [2.05, 4.69) is 9.84 Å². The molecular weight excluding hydrogens is 210 g/mol. The van der Waals surface area contributed by atoms with Crippen LogP contribution in [0.15, 0.2) is 6.20 Å². The lowest BCUT2D eigenvalue weighted by Crippen LogP contribution is -1.94. The van der Waals surface area contributed by atoms with Gasteiger partial charge in [-0.05, 0) is 19.8 Å². The van der Waals surface area contributed by atoms with E-state index in [9.17, 15) is 4.79 Å². The average Bonchev–Trinajstić information content (AvgIpc) is 3.05. The molecule has 90 valence electrons. The topological polar surface area (TPSA) is 79.4 Å². The number of methoxy groups -OCH3 is 1. The summed E-state index contributed by atoms with van der Waals surface area (Å²) in [6.07, 6.45) is 4.26. The molecule has 0 amide bonds. The van der Waals surface area contributed by atoms with Crippen LogP contribution < -0.4 is 10.5 Å². The lowest BCUT2D eigenvalue weighted by Gasteiger charge is -1.93. The number of hydrogen-bond acceptors (Lipinski definition) is 5. The van der Waals surface area contributed by atoms with E-state index in [1.807, 2.05) is 10.9 Å². The number of rotatable bonds is 4. The van der Waals surface area contributed by atoms with E-state index in [1.165, 1.54) is 12.8 Å². The van der Waals surface area contributed by atoms with Gasteiger partial charge in [0.05, 0.1) is 26.0 Å². The monoisotopic (exact) mass is 227 g/mol. The summed E-state index contributed by atoms with van der Waals surface area (Å²) in [6.45, 7) is 2.66. The zero-order chi connectivity index (χ0) is 12.0. The average molecular weight is 227 g/mol. The van der Waals surface area contributed by atoms with Crippen molar-refractivity contribution in [2.75, 3.05) is 19.5 Å². The van der Waals surface area contributed by atoms with Gasteiger partial charge in [0.25, 0.3) is 12.4 Å². The number of hydrogen-bond donors (Lipinski definition) is 1. The van der Waals surface area contributed by atoms with Crippen LogP contribution in [0.25, 0.3) is 0 Å². The summed E-state index contributed by atoms with van der Waals surface area (Å²) in [7, 11) is 1.58. The maximum atomic E-state index is 9.18. The third-order valence-corrected chi connectivity index (χ3v) is 2.07. The van der Waals surface area contributed by atoms with Gasteiger partial charge in [-0.3, -0.25) is 9.48 Å². The molecule has 0 spiro atoms. The van der Waals surface area contributed by atoms with Gasteiger partial charge < -0.3 is 15.2 Å². The smallest absolute Gasteiger partial charge is 0.293 e. The molecular formula is C10H17N3O3. The van der Waals surface area contributed by atoms with Crippen molar-refractivity contribution in [2.45, 2.75) is 25.8 Å². The van der Waals surface area contributed by atoms with Crippen LogP contribution in [0.5, 0.6) is 5.88 Å². The second kappa shape index (κ2) is 5.99. The molecule has 6 heteroatoms. The summed E-state index contributed by atoms with van der Waals surface area (Å²) in [5.74, 6) is 0.539. The van der Waals surface area contributed by atoms with E-state index in [-0.39, 0.29) is 0 Å². The second-order valence-corrected chi connectivity index (χ2v) is 3.36. The summed E-state index contributed by atoms with van der Waals surface area (Å²) < 4.78 is 11.0. The van der Waals surface area contributed by atoms with Crippen LogP contribution in [0, 0.1) is 0 Å². The minimum atomic E-state index is 0.431. The summed E-state index contributed by atoms with van der Waals surface area (Å²) in [5, 5.41) is 4.16. The largest absolute Gasteiger partial charge is 0.478 e. The van der Waals surface area contributed by atoms with Crippen molar-refractivity contribution >= 4 is 12.2 Å². The van der Waals surface area contributed by atoms with Crippen molar-refractivity contribution in [1.29, 1.82) is 0 Å². The zero-order valence-corrected chi connectivity index (χ0v) is 9.55. The molecule has 0 radical (unpaired) electrons. The first-order chi connectivity index (χ1) is 7.72. The Labute approximate surface area is 94.3 Å². The van der Waals surface area contributed by atoms with Crippen molar-refractivity contribution in [1.82, 2.24) is 9.78 Å². The minimum absolute atomic E-state index is 0.431. The molecule has 2 rings (SSSR count). The highest BCUT2D eigenvalue weighted by Gasteiger charge is 2.25. The first kappa shape index (κ1) is 12.4. The standard InChI is InChI=1S/C7H11N3O.C3H6O2/c1-11-7-6(8)4-10(9-7)5-2-3-5;1-2-5-3-4/h4-5H,2-3,8H2,1H3;3H,2H2,1H3. The van der Waals surface area contributed by atoms with Gasteiger partial charge in [-0.1, -0.05) is 0 Å². The van der Waals surface area contributed by atoms with Gasteiger partial charge in [-0.15, -0.1) is 5.10 Å². The van der Waals surface area contributed by atoms with Gasteiger partial charge in [0.2, 0.25) is 0 Å². The predicted octanol–water partition coefficient (Wildman–Crippen LogP) is 0.988. The molecule has 0 saturated heterocycles. The molecule has 6 nitrogen and oxygen atoms in total. The maximum absolute atomic E-state index is 9.18. The maximum Gasteiger partial charge on any atom is 0.293 e. The number of anilines is 1. The number of nitrogens with zero attached hydrogens (tertiary/aromatic N) is 2. The van der Waals surface area contributed by atoms with Crippen LogP contribution in [0.2, 0.25) is 0 Å². The van der Waals surface area contributed by atoms with E-state index in [0.717, 1.165) is 0 Å². The quantitative estimate of drug-likeness (QED) is 0.776. The summed E-state index contributed by atoms with van der Waals surface area (Å²) >= 11 is 0. The van der Waals surface area contributed by atoms with Crippen LogP contribution in [-0.2, 0) is 9.53 Å². The second-order valence-electron chi connectivity index (χ2n) is 3.36. The number of carbonyl (C=O) groups is 1.